The molecule has 2 aromatic heterocycles. The van der Waals surface area contributed by atoms with Crippen LogP contribution in [0.15, 0.2) is 72.1 Å². The summed E-state index contributed by atoms with van der Waals surface area (Å²) in [5, 5.41) is 11.0. The Morgan fingerprint density at radius 1 is 0.889 bits per heavy atom. The van der Waals surface area contributed by atoms with Gasteiger partial charge in [-0.05, 0) is 54.3 Å². The second kappa shape index (κ2) is 8.18. The van der Waals surface area contributed by atoms with Gasteiger partial charge in [0.15, 0.2) is 11.6 Å². The largest absolute Gasteiger partial charge is 0.494 e. The van der Waals surface area contributed by atoms with Gasteiger partial charge in [-0.15, -0.1) is 21.5 Å². The number of ether oxygens (including phenoxy) is 1. The van der Waals surface area contributed by atoms with Crippen molar-refractivity contribution in [3.8, 4) is 33.5 Å². The Hall–Kier alpha value is -2.92. The van der Waals surface area contributed by atoms with Gasteiger partial charge in [-0.2, -0.15) is 0 Å². The minimum absolute atomic E-state index is 0.749. The first-order chi connectivity index (χ1) is 13.4. The van der Waals surface area contributed by atoms with Gasteiger partial charge in [-0.25, -0.2) is 0 Å². The molecule has 0 unspecified atom stereocenters. The van der Waals surface area contributed by atoms with Crippen LogP contribution < -0.4 is 4.74 Å². The number of para-hydroxylation sites is 1. The molecule has 4 nitrogen and oxygen atoms in total. The van der Waals surface area contributed by atoms with Crippen LogP contribution in [-0.4, -0.2) is 21.4 Å². The van der Waals surface area contributed by atoms with Crippen LogP contribution >= 0.6 is 11.3 Å². The van der Waals surface area contributed by atoms with Crippen molar-refractivity contribution in [2.45, 2.75) is 19.8 Å². The molecule has 0 aliphatic carbocycles. The van der Waals surface area contributed by atoms with Gasteiger partial charge in [-0.1, -0.05) is 37.6 Å². The molecule has 0 aliphatic heterocycles. The van der Waals surface area contributed by atoms with E-state index >= 15 is 0 Å². The van der Waals surface area contributed by atoms with E-state index in [1.807, 2.05) is 48.5 Å². The zero-order valence-electron chi connectivity index (χ0n) is 15.2. The molecule has 4 aromatic rings. The minimum Gasteiger partial charge on any atom is -0.494 e. The number of benzene rings is 2. The fourth-order valence-corrected chi connectivity index (χ4v) is 3.59. The van der Waals surface area contributed by atoms with Crippen LogP contribution in [0.25, 0.3) is 27.8 Å². The fraction of sp³-hybridized carbons (Fsp3) is 0.182. The summed E-state index contributed by atoms with van der Waals surface area (Å²) in [6.45, 7) is 2.91. The van der Waals surface area contributed by atoms with Crippen molar-refractivity contribution in [3.05, 3.63) is 72.1 Å². The Morgan fingerprint density at radius 3 is 2.37 bits per heavy atom. The predicted molar refractivity (Wildman–Crippen MR) is 111 cm³/mol. The van der Waals surface area contributed by atoms with Crippen molar-refractivity contribution in [3.63, 3.8) is 0 Å². The molecular weight excluding hydrogens is 354 g/mol. The normalized spacial score (nSPS) is 10.9. The summed E-state index contributed by atoms with van der Waals surface area (Å²) in [5.74, 6) is 2.57. The average molecular weight is 375 g/mol. The van der Waals surface area contributed by atoms with E-state index in [9.17, 15) is 0 Å². The quantitative estimate of drug-likeness (QED) is 0.381. The first-order valence-electron chi connectivity index (χ1n) is 9.15. The lowest BCUT2D eigenvalue weighted by Gasteiger charge is -2.10. The van der Waals surface area contributed by atoms with Gasteiger partial charge < -0.3 is 4.74 Å². The van der Waals surface area contributed by atoms with E-state index in [0.717, 1.165) is 53.0 Å². The highest BCUT2D eigenvalue weighted by atomic mass is 32.1. The Balaban J connectivity index is 1.73. The molecule has 0 saturated heterocycles. The Bertz CT molecular complexity index is 976. The third-order valence-corrected chi connectivity index (χ3v) is 5.16. The van der Waals surface area contributed by atoms with Crippen molar-refractivity contribution in [1.29, 1.82) is 0 Å². The maximum Gasteiger partial charge on any atom is 0.178 e. The molecule has 0 bridgehead atoms. The molecule has 0 saturated carbocycles. The lowest BCUT2D eigenvalue weighted by molar-refractivity contribution is 0.309. The highest BCUT2D eigenvalue weighted by molar-refractivity contribution is 7.13. The molecule has 0 aliphatic rings. The van der Waals surface area contributed by atoms with Crippen LogP contribution in [0.3, 0.4) is 0 Å². The number of hydrogen-bond acceptors (Lipinski definition) is 4. The maximum atomic E-state index is 5.78. The summed E-state index contributed by atoms with van der Waals surface area (Å²) < 4.78 is 7.88. The first-order valence-corrected chi connectivity index (χ1v) is 10.0. The minimum atomic E-state index is 0.749. The molecular formula is C22H21N3OS. The van der Waals surface area contributed by atoms with Crippen LogP contribution in [0, 0.1) is 0 Å². The lowest BCUT2D eigenvalue weighted by Crippen LogP contribution is -2.00. The molecule has 0 N–H and O–H groups in total. The molecule has 0 fully saturated rings. The summed E-state index contributed by atoms with van der Waals surface area (Å²) in [7, 11) is 0. The molecule has 0 amide bonds. The van der Waals surface area contributed by atoms with Gasteiger partial charge in [0, 0.05) is 11.3 Å². The van der Waals surface area contributed by atoms with E-state index in [1.54, 1.807) is 11.3 Å². The number of hydrogen-bond donors (Lipinski definition) is 0. The SMILES string of the molecule is CCCCOc1ccc(-c2nnc(-c3cccs3)n2-c2ccccc2)cc1. The lowest BCUT2D eigenvalue weighted by atomic mass is 10.2. The summed E-state index contributed by atoms with van der Waals surface area (Å²) in [5.41, 5.74) is 2.06. The topological polar surface area (TPSA) is 39.9 Å². The summed E-state index contributed by atoms with van der Waals surface area (Å²) in [6, 6.07) is 22.4. The van der Waals surface area contributed by atoms with Gasteiger partial charge >= 0.3 is 0 Å². The van der Waals surface area contributed by atoms with E-state index < -0.39 is 0 Å². The number of thiophene rings is 1. The van der Waals surface area contributed by atoms with Crippen molar-refractivity contribution in [2.24, 2.45) is 0 Å². The highest BCUT2D eigenvalue weighted by Gasteiger charge is 2.17. The highest BCUT2D eigenvalue weighted by Crippen LogP contribution is 2.31. The monoisotopic (exact) mass is 375 g/mol. The number of nitrogens with zero attached hydrogens (tertiary/aromatic N) is 3. The summed E-state index contributed by atoms with van der Waals surface area (Å²) >= 11 is 1.66. The molecule has 2 heterocycles. The smallest absolute Gasteiger partial charge is 0.178 e. The van der Waals surface area contributed by atoms with Crippen LogP contribution in [0.5, 0.6) is 5.75 Å². The molecule has 4 rings (SSSR count). The Morgan fingerprint density at radius 2 is 1.67 bits per heavy atom. The summed E-state index contributed by atoms with van der Waals surface area (Å²) in [4.78, 5) is 1.09. The third kappa shape index (κ3) is 3.78. The number of rotatable bonds is 7. The zero-order valence-corrected chi connectivity index (χ0v) is 16.0. The average Bonchev–Trinajstić information content (AvgIpc) is 3.39. The van der Waals surface area contributed by atoms with Gasteiger partial charge in [-0.3, -0.25) is 4.57 Å². The molecule has 0 atom stereocenters. The second-order valence-electron chi connectivity index (χ2n) is 6.22. The Kier molecular flexibility index (Phi) is 5.30. The molecule has 136 valence electrons. The first kappa shape index (κ1) is 17.5. The molecule has 27 heavy (non-hydrogen) atoms. The molecule has 2 aromatic carbocycles. The van der Waals surface area contributed by atoms with Gasteiger partial charge in [0.2, 0.25) is 0 Å². The number of aromatic nitrogens is 3. The van der Waals surface area contributed by atoms with E-state index in [0.29, 0.717) is 0 Å². The van der Waals surface area contributed by atoms with Crippen LogP contribution in [-0.2, 0) is 0 Å². The third-order valence-electron chi connectivity index (χ3n) is 4.30. The van der Waals surface area contributed by atoms with Crippen LogP contribution in [0.2, 0.25) is 0 Å². The Labute approximate surface area is 163 Å². The van der Waals surface area contributed by atoms with Crippen LogP contribution in [0.4, 0.5) is 0 Å². The van der Waals surface area contributed by atoms with E-state index in [2.05, 4.69) is 45.3 Å². The van der Waals surface area contributed by atoms with Crippen molar-refractivity contribution < 1.29 is 4.74 Å². The van der Waals surface area contributed by atoms with E-state index in [4.69, 9.17) is 4.74 Å². The van der Waals surface area contributed by atoms with Gasteiger partial charge in [0.1, 0.15) is 5.75 Å². The van der Waals surface area contributed by atoms with Crippen molar-refractivity contribution >= 4 is 11.3 Å². The fourth-order valence-electron chi connectivity index (χ4n) is 2.89. The van der Waals surface area contributed by atoms with Crippen LogP contribution in [0.1, 0.15) is 19.8 Å². The van der Waals surface area contributed by atoms with Gasteiger partial charge in [0.05, 0.1) is 11.5 Å². The molecule has 0 radical (unpaired) electrons. The van der Waals surface area contributed by atoms with E-state index in [1.165, 1.54) is 0 Å². The van der Waals surface area contributed by atoms with Gasteiger partial charge in [0.25, 0.3) is 0 Å². The van der Waals surface area contributed by atoms with Crippen molar-refractivity contribution in [1.82, 2.24) is 14.8 Å². The maximum absolute atomic E-state index is 5.78. The molecule has 0 spiro atoms. The summed E-state index contributed by atoms with van der Waals surface area (Å²) in [6.07, 6.45) is 2.19. The zero-order chi connectivity index (χ0) is 18.5. The van der Waals surface area contributed by atoms with Crippen molar-refractivity contribution in [2.75, 3.05) is 6.61 Å². The molecule has 5 heteroatoms. The number of unbranched alkanes of at least 4 members (excludes halogenated alkanes) is 1. The second-order valence-corrected chi connectivity index (χ2v) is 7.17. The predicted octanol–water partition coefficient (Wildman–Crippen LogP) is 5.84. The standard InChI is InChI=1S/C22H21N3OS/c1-2-3-15-26-19-13-11-17(12-14-19)21-23-24-22(20-10-7-16-27-20)25(21)18-8-5-4-6-9-18/h4-14,16H,2-3,15H2,1H3. The van der Waals surface area contributed by atoms with E-state index in [-0.39, 0.29) is 0 Å².